The third-order valence-electron chi connectivity index (χ3n) is 3.70. The first-order valence-electron chi connectivity index (χ1n) is 7.77. The predicted molar refractivity (Wildman–Crippen MR) is 107 cm³/mol. The second kappa shape index (κ2) is 8.11. The van der Waals surface area contributed by atoms with Crippen LogP contribution in [-0.2, 0) is 4.79 Å². The Balaban J connectivity index is 1.77. The largest absolute Gasteiger partial charge is 0.298 e. The van der Waals surface area contributed by atoms with Gasteiger partial charge in [-0.05, 0) is 29.9 Å². The first-order chi connectivity index (χ1) is 13.4. The molecular formula is C18H11N3O5S2. The van der Waals surface area contributed by atoms with E-state index in [1.54, 1.807) is 30.3 Å². The highest BCUT2D eigenvalue weighted by molar-refractivity contribution is 8.26. The molecule has 0 unspecified atom stereocenters. The molecule has 1 heterocycles. The van der Waals surface area contributed by atoms with Crippen molar-refractivity contribution in [3.05, 3.63) is 80.2 Å². The molecule has 0 atom stereocenters. The van der Waals surface area contributed by atoms with E-state index in [4.69, 9.17) is 12.2 Å². The number of amides is 2. The lowest BCUT2D eigenvalue weighted by molar-refractivity contribution is -0.384. The van der Waals surface area contributed by atoms with Crippen LogP contribution in [0.2, 0.25) is 0 Å². The average molecular weight is 413 g/mol. The molecule has 0 spiro atoms. The van der Waals surface area contributed by atoms with E-state index in [9.17, 15) is 24.5 Å². The van der Waals surface area contributed by atoms with Crippen molar-refractivity contribution in [2.75, 3.05) is 0 Å². The molecule has 0 radical (unpaired) electrons. The van der Waals surface area contributed by atoms with Gasteiger partial charge < -0.3 is 0 Å². The van der Waals surface area contributed by atoms with E-state index in [0.29, 0.717) is 22.3 Å². The Labute approximate surface area is 168 Å². The Morgan fingerprint density at radius 3 is 2.50 bits per heavy atom. The number of hydrogen-bond donors (Lipinski definition) is 1. The number of hydrogen-bond acceptors (Lipinski definition) is 7. The zero-order chi connectivity index (χ0) is 20.3. The zero-order valence-corrected chi connectivity index (χ0v) is 15.7. The molecule has 1 saturated heterocycles. The molecule has 10 heteroatoms. The van der Waals surface area contributed by atoms with E-state index in [-0.39, 0.29) is 15.6 Å². The van der Waals surface area contributed by atoms with Gasteiger partial charge in [-0.2, -0.15) is 5.01 Å². The average Bonchev–Trinajstić information content (AvgIpc) is 2.96. The number of nitrogens with one attached hydrogen (secondary N) is 1. The van der Waals surface area contributed by atoms with E-state index < -0.39 is 16.7 Å². The van der Waals surface area contributed by atoms with Gasteiger partial charge in [0.15, 0.2) is 4.32 Å². The molecule has 0 aliphatic carbocycles. The van der Waals surface area contributed by atoms with Gasteiger partial charge in [0.2, 0.25) is 0 Å². The van der Waals surface area contributed by atoms with Gasteiger partial charge in [-0.25, -0.2) is 0 Å². The van der Waals surface area contributed by atoms with E-state index in [1.165, 1.54) is 18.2 Å². The second-order valence-electron chi connectivity index (χ2n) is 5.55. The minimum Gasteiger partial charge on any atom is -0.298 e. The molecule has 0 bridgehead atoms. The van der Waals surface area contributed by atoms with Crippen molar-refractivity contribution in [1.82, 2.24) is 10.4 Å². The maximum Gasteiger partial charge on any atom is 0.285 e. The molecule has 1 fully saturated rings. The van der Waals surface area contributed by atoms with Crippen molar-refractivity contribution >= 4 is 58.2 Å². The fourth-order valence-electron chi connectivity index (χ4n) is 2.31. The second-order valence-corrected chi connectivity index (χ2v) is 7.23. The number of nitrogens with zero attached hydrogens (tertiary/aromatic N) is 2. The highest BCUT2D eigenvalue weighted by Crippen LogP contribution is 2.31. The van der Waals surface area contributed by atoms with E-state index >= 15 is 0 Å². The summed E-state index contributed by atoms with van der Waals surface area (Å²) in [4.78, 5) is 46.1. The SMILES string of the molecule is O=Cc1ccc(/C=C2/SC(=S)N(NC(=O)c3cccc([N+](=O)[O-])c3)C2=O)cc1. The van der Waals surface area contributed by atoms with Gasteiger partial charge in [0, 0.05) is 23.3 Å². The number of benzene rings is 2. The maximum atomic E-state index is 12.6. The highest BCUT2D eigenvalue weighted by Gasteiger charge is 2.33. The van der Waals surface area contributed by atoms with Crippen molar-refractivity contribution in [3.8, 4) is 0 Å². The van der Waals surface area contributed by atoms with Crippen LogP contribution in [0.3, 0.4) is 0 Å². The summed E-state index contributed by atoms with van der Waals surface area (Å²) in [6.45, 7) is 0. The van der Waals surface area contributed by atoms with Crippen LogP contribution in [0.15, 0.2) is 53.4 Å². The van der Waals surface area contributed by atoms with E-state index in [0.717, 1.165) is 22.8 Å². The van der Waals surface area contributed by atoms with Gasteiger partial charge >= 0.3 is 0 Å². The van der Waals surface area contributed by atoms with Crippen LogP contribution in [0.4, 0.5) is 5.69 Å². The molecule has 0 aromatic heterocycles. The summed E-state index contributed by atoms with van der Waals surface area (Å²) >= 11 is 6.15. The smallest absolute Gasteiger partial charge is 0.285 e. The first-order valence-corrected chi connectivity index (χ1v) is 9.00. The Bertz CT molecular complexity index is 1030. The van der Waals surface area contributed by atoms with Crippen LogP contribution in [0.1, 0.15) is 26.3 Å². The van der Waals surface area contributed by atoms with Crippen molar-refractivity contribution < 1.29 is 19.3 Å². The normalized spacial score (nSPS) is 15.0. The Morgan fingerprint density at radius 2 is 1.86 bits per heavy atom. The summed E-state index contributed by atoms with van der Waals surface area (Å²) in [5.41, 5.74) is 3.35. The Hall–Kier alpha value is -3.37. The van der Waals surface area contributed by atoms with Crippen LogP contribution in [0.25, 0.3) is 6.08 Å². The number of nitro benzene ring substituents is 1. The number of nitro groups is 1. The Morgan fingerprint density at radius 1 is 1.18 bits per heavy atom. The van der Waals surface area contributed by atoms with Crippen LogP contribution >= 0.6 is 24.0 Å². The van der Waals surface area contributed by atoms with Crippen molar-refractivity contribution in [2.45, 2.75) is 0 Å². The third kappa shape index (κ3) is 4.13. The lowest BCUT2D eigenvalue weighted by atomic mass is 10.1. The topological polar surface area (TPSA) is 110 Å². The highest BCUT2D eigenvalue weighted by atomic mass is 32.2. The minimum absolute atomic E-state index is 0.0247. The molecule has 140 valence electrons. The summed E-state index contributed by atoms with van der Waals surface area (Å²) in [5.74, 6) is -1.22. The van der Waals surface area contributed by atoms with Gasteiger partial charge in [-0.3, -0.25) is 29.9 Å². The molecule has 8 nitrogen and oxygen atoms in total. The summed E-state index contributed by atoms with van der Waals surface area (Å²) in [7, 11) is 0. The molecule has 28 heavy (non-hydrogen) atoms. The molecule has 1 aliphatic rings. The van der Waals surface area contributed by atoms with Crippen LogP contribution < -0.4 is 5.43 Å². The molecule has 0 saturated carbocycles. The lowest BCUT2D eigenvalue weighted by Gasteiger charge is -2.15. The van der Waals surface area contributed by atoms with Crippen LogP contribution in [-0.4, -0.2) is 32.4 Å². The van der Waals surface area contributed by atoms with Gasteiger partial charge in [-0.1, -0.05) is 42.1 Å². The standard InChI is InChI=1S/C18H11N3O5S2/c22-10-12-6-4-11(5-7-12)8-15-17(24)20(18(27)28-15)19-16(23)13-2-1-3-14(9-13)21(25)26/h1-10H,(H,19,23)/b15-8+. The van der Waals surface area contributed by atoms with E-state index in [2.05, 4.69) is 5.43 Å². The predicted octanol–water partition coefficient (Wildman–Crippen LogP) is 2.95. The quantitative estimate of drug-likeness (QED) is 0.264. The molecule has 1 N–H and O–H groups in total. The molecule has 2 aromatic rings. The Kier molecular flexibility index (Phi) is 5.62. The van der Waals surface area contributed by atoms with Gasteiger partial charge in [0.05, 0.1) is 9.83 Å². The van der Waals surface area contributed by atoms with Crippen molar-refractivity contribution in [2.24, 2.45) is 0 Å². The molecular weight excluding hydrogens is 402 g/mol. The molecule has 3 rings (SSSR count). The van der Waals surface area contributed by atoms with Crippen LogP contribution in [0, 0.1) is 10.1 Å². The number of carbonyl (C=O) groups is 3. The number of thioether (sulfide) groups is 1. The van der Waals surface area contributed by atoms with Gasteiger partial charge in [0.1, 0.15) is 6.29 Å². The van der Waals surface area contributed by atoms with Crippen molar-refractivity contribution in [1.29, 1.82) is 0 Å². The summed E-state index contributed by atoms with van der Waals surface area (Å²) in [5, 5.41) is 11.8. The monoisotopic (exact) mass is 413 g/mol. The number of carbonyl (C=O) groups excluding carboxylic acids is 3. The number of hydrazine groups is 1. The zero-order valence-electron chi connectivity index (χ0n) is 14.0. The molecule has 1 aliphatic heterocycles. The van der Waals surface area contributed by atoms with E-state index in [1.807, 2.05) is 0 Å². The summed E-state index contributed by atoms with van der Waals surface area (Å²) in [6.07, 6.45) is 2.31. The van der Waals surface area contributed by atoms with Crippen LogP contribution in [0.5, 0.6) is 0 Å². The fraction of sp³-hybridized carbons (Fsp3) is 0. The summed E-state index contributed by atoms with van der Waals surface area (Å²) < 4.78 is 0.125. The molecule has 2 amide bonds. The number of rotatable bonds is 5. The third-order valence-corrected chi connectivity index (χ3v) is 5.00. The fourth-order valence-corrected chi connectivity index (χ4v) is 3.49. The number of non-ortho nitro benzene ring substituents is 1. The first kappa shape index (κ1) is 19.4. The summed E-state index contributed by atoms with van der Waals surface area (Å²) in [6, 6.07) is 11.7. The lowest BCUT2D eigenvalue weighted by Crippen LogP contribution is -2.44. The number of thiocarbonyl (C=S) groups is 1. The van der Waals surface area contributed by atoms with Crippen molar-refractivity contribution in [3.63, 3.8) is 0 Å². The maximum absolute atomic E-state index is 12.6. The molecule has 2 aromatic carbocycles. The van der Waals surface area contributed by atoms with Gasteiger partial charge in [0.25, 0.3) is 17.5 Å². The minimum atomic E-state index is -0.698. The van der Waals surface area contributed by atoms with Gasteiger partial charge in [-0.15, -0.1) is 0 Å². The number of aldehydes is 1.